The molecule has 10 nitrogen and oxygen atoms in total. The maximum atomic E-state index is 13.7. The third kappa shape index (κ3) is 4.45. The first-order valence-electron chi connectivity index (χ1n) is 12.7. The van der Waals surface area contributed by atoms with E-state index < -0.39 is 35.0 Å². The van der Waals surface area contributed by atoms with Crippen LogP contribution in [0.2, 0.25) is 0 Å². The average molecular weight is 482 g/mol. The third-order valence-corrected chi connectivity index (χ3v) is 7.95. The summed E-state index contributed by atoms with van der Waals surface area (Å²) in [5.74, 6) is -2.25. The van der Waals surface area contributed by atoms with Crippen molar-refractivity contribution in [3.63, 3.8) is 0 Å². The molecule has 10 heteroatoms. The van der Waals surface area contributed by atoms with Crippen LogP contribution in [-0.2, 0) is 28.6 Å². The van der Waals surface area contributed by atoms with Gasteiger partial charge in [-0.25, -0.2) is 0 Å². The lowest BCUT2D eigenvalue weighted by Crippen LogP contribution is -2.56. The summed E-state index contributed by atoms with van der Waals surface area (Å²) >= 11 is 0. The highest BCUT2D eigenvalue weighted by atomic mass is 16.6. The summed E-state index contributed by atoms with van der Waals surface area (Å²) in [7, 11) is 0. The molecule has 0 radical (unpaired) electrons. The lowest BCUT2D eigenvalue weighted by Gasteiger charge is -2.34. The molecule has 1 spiro atoms. The molecular weight excluding hydrogens is 442 g/mol. The molecule has 4 heterocycles. The van der Waals surface area contributed by atoms with E-state index in [0.29, 0.717) is 58.5 Å². The third-order valence-electron chi connectivity index (χ3n) is 7.95. The largest absolute Gasteiger partial charge is 0.466 e. The Balaban J connectivity index is 1.53. The molecule has 4 saturated heterocycles. The molecule has 34 heavy (non-hydrogen) atoms. The van der Waals surface area contributed by atoms with Crippen LogP contribution in [0.4, 0.5) is 0 Å². The topological polar surface area (TPSA) is 118 Å². The van der Waals surface area contributed by atoms with Crippen LogP contribution < -0.4 is 5.32 Å². The van der Waals surface area contributed by atoms with Gasteiger partial charge in [0, 0.05) is 39.3 Å². The number of likely N-dealkylation sites (tertiary alicyclic amines) is 1. The zero-order valence-electron chi connectivity index (χ0n) is 20.4. The molecule has 5 atom stereocenters. The van der Waals surface area contributed by atoms with Crippen molar-refractivity contribution < 1.29 is 33.7 Å². The molecule has 2 N–H and O–H groups in total. The number of carbonyl (C=O) groups is 3. The van der Waals surface area contributed by atoms with E-state index in [4.69, 9.17) is 19.3 Å². The number of hydrogen-bond acceptors (Lipinski definition) is 8. The molecule has 0 aliphatic carbocycles. The number of fused-ring (bicyclic) bond motifs is 1. The lowest BCUT2D eigenvalue weighted by atomic mass is 9.66. The van der Waals surface area contributed by atoms with Crippen molar-refractivity contribution in [1.29, 1.82) is 0 Å². The van der Waals surface area contributed by atoms with E-state index in [-0.39, 0.29) is 25.0 Å². The standard InChI is InChI=1S/C24H39N3O7/c1-3-33-22(31)18-17-21(30)27(10-5-4-6-14-28)19(24(17)8-7-23(18,2)34-24)20(29)25-9-11-26-12-15-32-16-13-26/h17-19,28H,3-16H2,1-2H3,(H,25,29)/t17-,18+,19?,23-,24?/m0/s1. The molecular formula is C24H39N3O7. The van der Waals surface area contributed by atoms with E-state index in [1.807, 2.05) is 6.92 Å². The number of ether oxygens (including phenoxy) is 3. The Hall–Kier alpha value is -1.75. The number of esters is 1. The Labute approximate surface area is 201 Å². The van der Waals surface area contributed by atoms with E-state index in [2.05, 4.69) is 10.2 Å². The summed E-state index contributed by atoms with van der Waals surface area (Å²) < 4.78 is 17.2. The Morgan fingerprint density at radius 1 is 1.18 bits per heavy atom. The molecule has 2 unspecified atom stereocenters. The Kier molecular flexibility index (Phi) is 7.81. The SMILES string of the molecule is CCOC(=O)[C@H]1[C@H]2C(=O)N(CCCCCO)C(C(=O)NCCN3CCOCC3)C23CC[C@]1(C)O3. The Morgan fingerprint density at radius 3 is 2.65 bits per heavy atom. The first-order valence-corrected chi connectivity index (χ1v) is 12.7. The highest BCUT2D eigenvalue weighted by Gasteiger charge is 2.78. The monoisotopic (exact) mass is 481 g/mol. The van der Waals surface area contributed by atoms with E-state index in [1.165, 1.54) is 0 Å². The van der Waals surface area contributed by atoms with Crippen LogP contribution in [0.25, 0.3) is 0 Å². The smallest absolute Gasteiger partial charge is 0.312 e. The van der Waals surface area contributed by atoms with Gasteiger partial charge in [-0.3, -0.25) is 19.3 Å². The summed E-state index contributed by atoms with van der Waals surface area (Å²) in [5, 5.41) is 12.2. The highest BCUT2D eigenvalue weighted by Crippen LogP contribution is 2.63. The summed E-state index contributed by atoms with van der Waals surface area (Å²) in [6.45, 7) is 8.59. The second-order valence-electron chi connectivity index (χ2n) is 10.0. The normalized spacial score (nSPS) is 35.0. The fourth-order valence-corrected chi connectivity index (χ4v) is 6.39. The number of nitrogens with one attached hydrogen (secondary N) is 1. The van der Waals surface area contributed by atoms with Crippen molar-refractivity contribution in [3.8, 4) is 0 Å². The van der Waals surface area contributed by atoms with Crippen LogP contribution >= 0.6 is 0 Å². The molecule has 0 aromatic carbocycles. The van der Waals surface area contributed by atoms with Gasteiger partial charge in [-0.2, -0.15) is 0 Å². The number of nitrogens with zero attached hydrogens (tertiary/aromatic N) is 2. The minimum atomic E-state index is -1.01. The Morgan fingerprint density at radius 2 is 1.94 bits per heavy atom. The summed E-state index contributed by atoms with van der Waals surface area (Å²) in [5.41, 5.74) is -1.81. The number of carbonyl (C=O) groups excluding carboxylic acids is 3. The quantitative estimate of drug-likeness (QED) is 0.311. The average Bonchev–Trinajstić information content (AvgIpc) is 3.38. The van der Waals surface area contributed by atoms with Gasteiger partial charge in [-0.05, 0) is 46.0 Å². The fraction of sp³-hybridized carbons (Fsp3) is 0.875. The van der Waals surface area contributed by atoms with Gasteiger partial charge in [0.25, 0.3) is 0 Å². The van der Waals surface area contributed by atoms with Crippen LogP contribution in [0.1, 0.15) is 46.0 Å². The molecule has 2 bridgehead atoms. The van der Waals surface area contributed by atoms with Gasteiger partial charge in [0.2, 0.25) is 11.8 Å². The Bertz CT molecular complexity index is 774. The minimum Gasteiger partial charge on any atom is -0.466 e. The molecule has 0 saturated carbocycles. The number of aliphatic hydroxyl groups is 1. The number of aliphatic hydroxyl groups excluding tert-OH is 1. The van der Waals surface area contributed by atoms with Crippen LogP contribution in [0, 0.1) is 11.8 Å². The van der Waals surface area contributed by atoms with Crippen molar-refractivity contribution in [3.05, 3.63) is 0 Å². The number of hydrogen-bond donors (Lipinski definition) is 2. The van der Waals surface area contributed by atoms with E-state index in [1.54, 1.807) is 11.8 Å². The van der Waals surface area contributed by atoms with Crippen LogP contribution in [0.5, 0.6) is 0 Å². The second kappa shape index (κ2) is 10.5. The minimum absolute atomic E-state index is 0.0956. The van der Waals surface area contributed by atoms with Crippen LogP contribution in [0.15, 0.2) is 0 Å². The molecule has 4 rings (SSSR count). The van der Waals surface area contributed by atoms with Gasteiger partial charge in [0.15, 0.2) is 0 Å². The molecule has 0 aromatic heterocycles. The number of amides is 2. The highest BCUT2D eigenvalue weighted by molar-refractivity contribution is 5.98. The molecule has 4 aliphatic rings. The molecule has 192 valence electrons. The van der Waals surface area contributed by atoms with Gasteiger partial charge < -0.3 is 29.5 Å². The van der Waals surface area contributed by atoms with E-state index in [9.17, 15) is 14.4 Å². The van der Waals surface area contributed by atoms with Crippen LogP contribution in [0.3, 0.4) is 0 Å². The fourth-order valence-electron chi connectivity index (χ4n) is 6.39. The first kappa shape index (κ1) is 25.3. The van der Waals surface area contributed by atoms with Gasteiger partial charge in [0.05, 0.1) is 31.3 Å². The predicted octanol–water partition coefficient (Wildman–Crippen LogP) is -0.0748. The van der Waals surface area contributed by atoms with Crippen molar-refractivity contribution in [1.82, 2.24) is 15.1 Å². The predicted molar refractivity (Wildman–Crippen MR) is 122 cm³/mol. The van der Waals surface area contributed by atoms with Crippen molar-refractivity contribution in [2.45, 2.75) is 63.2 Å². The molecule has 2 amide bonds. The lowest BCUT2D eigenvalue weighted by molar-refractivity contribution is -0.159. The van der Waals surface area contributed by atoms with Crippen molar-refractivity contribution >= 4 is 17.8 Å². The van der Waals surface area contributed by atoms with Gasteiger partial charge in [-0.1, -0.05) is 0 Å². The number of morpholine rings is 1. The van der Waals surface area contributed by atoms with Gasteiger partial charge >= 0.3 is 5.97 Å². The van der Waals surface area contributed by atoms with E-state index >= 15 is 0 Å². The number of rotatable bonds is 11. The van der Waals surface area contributed by atoms with Crippen molar-refractivity contribution in [2.75, 3.05) is 59.2 Å². The van der Waals surface area contributed by atoms with Crippen molar-refractivity contribution in [2.24, 2.45) is 11.8 Å². The molecule has 0 aromatic rings. The maximum absolute atomic E-state index is 13.7. The zero-order valence-corrected chi connectivity index (χ0v) is 20.4. The molecule has 4 fully saturated rings. The molecule has 4 aliphatic heterocycles. The van der Waals surface area contributed by atoms with Gasteiger partial charge in [-0.15, -0.1) is 0 Å². The first-order chi connectivity index (χ1) is 16.4. The zero-order chi connectivity index (χ0) is 24.3. The summed E-state index contributed by atoms with van der Waals surface area (Å²) in [6.07, 6.45) is 3.24. The van der Waals surface area contributed by atoms with Crippen LogP contribution in [-0.4, -0.2) is 109 Å². The van der Waals surface area contributed by atoms with Gasteiger partial charge in [0.1, 0.15) is 17.6 Å². The summed E-state index contributed by atoms with van der Waals surface area (Å²) in [6, 6.07) is -0.773. The summed E-state index contributed by atoms with van der Waals surface area (Å²) in [4.78, 5) is 44.1. The maximum Gasteiger partial charge on any atom is 0.312 e. The van der Waals surface area contributed by atoms with E-state index in [0.717, 1.165) is 19.5 Å². The second-order valence-corrected chi connectivity index (χ2v) is 10.0. The number of unbranched alkanes of at least 4 members (excludes halogenated alkanes) is 2.